The molecule has 0 saturated heterocycles. The van der Waals surface area contributed by atoms with Crippen LogP contribution in [0.1, 0.15) is 26.7 Å². The van der Waals surface area contributed by atoms with E-state index in [1.54, 1.807) is 6.07 Å². The summed E-state index contributed by atoms with van der Waals surface area (Å²) in [4.78, 5) is 11.9. The molecule has 1 aromatic carbocycles. The molecule has 0 bridgehead atoms. The van der Waals surface area contributed by atoms with E-state index in [2.05, 4.69) is 21.2 Å². The summed E-state index contributed by atoms with van der Waals surface area (Å²) >= 11 is 3.15. The van der Waals surface area contributed by atoms with E-state index in [0.29, 0.717) is 17.3 Å². The van der Waals surface area contributed by atoms with Gasteiger partial charge < -0.3 is 11.1 Å². The fourth-order valence-corrected chi connectivity index (χ4v) is 1.74. The van der Waals surface area contributed by atoms with Crippen LogP contribution in [-0.4, -0.2) is 11.4 Å². The van der Waals surface area contributed by atoms with Crippen LogP contribution in [0.5, 0.6) is 0 Å². The van der Waals surface area contributed by atoms with Crippen molar-refractivity contribution in [3.63, 3.8) is 0 Å². The number of hydrogen-bond donors (Lipinski definition) is 2. The highest BCUT2D eigenvalue weighted by Crippen LogP contribution is 2.21. The minimum atomic E-state index is -0.945. The number of carbonyl (C=O) groups excluding carboxylic acids is 1. The minimum absolute atomic E-state index is 0.148. The Hall–Kier alpha value is -0.940. The Balaban J connectivity index is 2.88. The molecule has 1 rings (SSSR count). The van der Waals surface area contributed by atoms with Crippen molar-refractivity contribution in [3.05, 3.63) is 28.5 Å². The molecule has 0 aliphatic rings. The Bertz CT molecular complexity index is 419. The molecule has 0 aliphatic carbocycles. The lowest BCUT2D eigenvalue weighted by molar-refractivity contribution is -0.121. The van der Waals surface area contributed by atoms with E-state index in [9.17, 15) is 9.18 Å². The first-order valence-corrected chi connectivity index (χ1v) is 6.27. The first kappa shape index (κ1) is 14.1. The lowest BCUT2D eigenvalue weighted by atomic mass is 9.93. The van der Waals surface area contributed by atoms with Crippen LogP contribution in [0.4, 0.5) is 10.1 Å². The molecule has 1 amide bonds. The van der Waals surface area contributed by atoms with Gasteiger partial charge >= 0.3 is 0 Å². The number of carbonyl (C=O) groups is 1. The summed E-state index contributed by atoms with van der Waals surface area (Å²) < 4.78 is 14.1. The summed E-state index contributed by atoms with van der Waals surface area (Å²) in [6.07, 6.45) is 1.01. The second-order valence-electron chi connectivity index (χ2n) is 3.94. The molecule has 17 heavy (non-hydrogen) atoms. The van der Waals surface area contributed by atoms with Crippen molar-refractivity contribution in [1.82, 2.24) is 0 Å². The number of nitrogens with one attached hydrogen (secondary N) is 1. The maximum atomic E-state index is 13.5. The predicted molar refractivity (Wildman–Crippen MR) is 70.2 cm³/mol. The van der Waals surface area contributed by atoms with Crippen LogP contribution in [0.3, 0.4) is 0 Å². The Morgan fingerprint density at radius 1 is 1.47 bits per heavy atom. The normalized spacial score (nSPS) is 11.4. The summed E-state index contributed by atoms with van der Waals surface area (Å²) in [5, 5.41) is 2.52. The zero-order chi connectivity index (χ0) is 13.1. The number of amides is 1. The third-order valence-corrected chi connectivity index (χ3v) is 3.39. The van der Waals surface area contributed by atoms with Gasteiger partial charge in [0.25, 0.3) is 0 Å². The maximum Gasteiger partial charge on any atom is 0.244 e. The molecule has 0 heterocycles. The van der Waals surface area contributed by atoms with E-state index in [1.807, 2.05) is 13.8 Å². The third-order valence-electron chi connectivity index (χ3n) is 2.89. The highest BCUT2D eigenvalue weighted by Gasteiger charge is 2.30. The quantitative estimate of drug-likeness (QED) is 0.898. The lowest BCUT2D eigenvalue weighted by Crippen LogP contribution is -2.50. The number of nitrogens with two attached hydrogens (primary N) is 1. The largest absolute Gasteiger partial charge is 0.322 e. The second-order valence-corrected chi connectivity index (χ2v) is 4.86. The van der Waals surface area contributed by atoms with Crippen molar-refractivity contribution in [2.24, 2.45) is 5.73 Å². The summed E-state index contributed by atoms with van der Waals surface area (Å²) in [6.45, 7) is 3.67. The summed E-state index contributed by atoms with van der Waals surface area (Å²) in [5.41, 5.74) is 5.13. The van der Waals surface area contributed by atoms with Crippen molar-refractivity contribution >= 4 is 27.5 Å². The highest BCUT2D eigenvalue weighted by molar-refractivity contribution is 9.10. The Morgan fingerprint density at radius 2 is 2.06 bits per heavy atom. The fourth-order valence-electron chi connectivity index (χ4n) is 1.41. The zero-order valence-electron chi connectivity index (χ0n) is 9.89. The average molecular weight is 303 g/mol. The summed E-state index contributed by atoms with van der Waals surface area (Å²) in [7, 11) is 0. The molecule has 0 unspecified atom stereocenters. The van der Waals surface area contributed by atoms with Crippen molar-refractivity contribution < 1.29 is 9.18 Å². The van der Waals surface area contributed by atoms with Crippen molar-refractivity contribution in [3.8, 4) is 0 Å². The van der Waals surface area contributed by atoms with E-state index in [4.69, 9.17) is 5.73 Å². The molecule has 0 fully saturated rings. The van der Waals surface area contributed by atoms with E-state index in [0.717, 1.165) is 0 Å². The molecule has 0 atom stereocenters. The van der Waals surface area contributed by atoms with Gasteiger partial charge in [0.1, 0.15) is 5.82 Å². The van der Waals surface area contributed by atoms with Crippen LogP contribution in [-0.2, 0) is 4.79 Å². The molecule has 0 spiro atoms. The van der Waals surface area contributed by atoms with E-state index in [-0.39, 0.29) is 11.6 Å². The van der Waals surface area contributed by atoms with Crippen molar-refractivity contribution in [2.45, 2.75) is 32.2 Å². The molecule has 0 radical (unpaired) electrons. The number of benzene rings is 1. The van der Waals surface area contributed by atoms with Crippen molar-refractivity contribution in [1.29, 1.82) is 0 Å². The SMILES string of the molecule is CCC(N)(CC)C(=O)Nc1ccc(Br)cc1F. The topological polar surface area (TPSA) is 55.1 Å². The molecule has 94 valence electrons. The number of anilines is 1. The van der Waals surface area contributed by atoms with Gasteiger partial charge in [-0.3, -0.25) is 4.79 Å². The van der Waals surface area contributed by atoms with Crippen LogP contribution in [0.25, 0.3) is 0 Å². The second kappa shape index (κ2) is 5.60. The van der Waals surface area contributed by atoms with Crippen molar-refractivity contribution in [2.75, 3.05) is 5.32 Å². The van der Waals surface area contributed by atoms with Gasteiger partial charge in [-0.15, -0.1) is 0 Å². The standard InChI is InChI=1S/C12H16BrFN2O/c1-3-12(15,4-2)11(17)16-10-6-5-8(13)7-9(10)14/h5-7H,3-4,15H2,1-2H3,(H,16,17). The van der Waals surface area contributed by atoms with E-state index in [1.165, 1.54) is 12.1 Å². The van der Waals surface area contributed by atoms with Gasteiger partial charge in [0.2, 0.25) is 5.91 Å². The molecule has 0 aromatic heterocycles. The van der Waals surface area contributed by atoms with Crippen LogP contribution in [0.15, 0.2) is 22.7 Å². The number of rotatable bonds is 4. The predicted octanol–water partition coefficient (Wildman–Crippen LogP) is 3.04. The molecule has 5 heteroatoms. The molecule has 1 aromatic rings. The van der Waals surface area contributed by atoms with Gasteiger partial charge in [0.05, 0.1) is 11.2 Å². The Labute approximate surface area is 109 Å². The van der Waals surface area contributed by atoms with Crippen LogP contribution in [0.2, 0.25) is 0 Å². The zero-order valence-corrected chi connectivity index (χ0v) is 11.5. The molecule has 0 aliphatic heterocycles. The summed E-state index contributed by atoms with van der Waals surface area (Å²) in [5.74, 6) is -0.842. The molecule has 0 saturated carbocycles. The van der Waals surface area contributed by atoms with Crippen LogP contribution < -0.4 is 11.1 Å². The monoisotopic (exact) mass is 302 g/mol. The van der Waals surface area contributed by atoms with Gasteiger partial charge in [0.15, 0.2) is 0 Å². The summed E-state index contributed by atoms with van der Waals surface area (Å²) in [6, 6.07) is 4.46. The highest BCUT2D eigenvalue weighted by atomic mass is 79.9. The van der Waals surface area contributed by atoms with Gasteiger partial charge in [-0.1, -0.05) is 29.8 Å². The van der Waals surface area contributed by atoms with Gasteiger partial charge in [-0.05, 0) is 31.0 Å². The van der Waals surface area contributed by atoms with Gasteiger partial charge in [0, 0.05) is 4.47 Å². The van der Waals surface area contributed by atoms with E-state index < -0.39 is 11.4 Å². The van der Waals surface area contributed by atoms with Gasteiger partial charge in [-0.2, -0.15) is 0 Å². The Kier molecular flexibility index (Phi) is 4.65. The van der Waals surface area contributed by atoms with E-state index >= 15 is 0 Å². The number of hydrogen-bond acceptors (Lipinski definition) is 2. The maximum absolute atomic E-state index is 13.5. The molecular formula is C12H16BrFN2O. The van der Waals surface area contributed by atoms with Crippen LogP contribution in [0, 0.1) is 5.82 Å². The molecule has 3 N–H and O–H groups in total. The fraction of sp³-hybridized carbons (Fsp3) is 0.417. The molecular weight excluding hydrogens is 287 g/mol. The molecule has 3 nitrogen and oxygen atoms in total. The first-order chi connectivity index (χ1) is 7.92. The van der Waals surface area contributed by atoms with Crippen LogP contribution >= 0.6 is 15.9 Å². The minimum Gasteiger partial charge on any atom is -0.322 e. The average Bonchev–Trinajstić information content (AvgIpc) is 2.31. The van der Waals surface area contributed by atoms with Gasteiger partial charge in [-0.25, -0.2) is 4.39 Å². The lowest BCUT2D eigenvalue weighted by Gasteiger charge is -2.25. The first-order valence-electron chi connectivity index (χ1n) is 5.48. The Morgan fingerprint density at radius 3 is 2.53 bits per heavy atom. The third kappa shape index (κ3) is 3.26. The number of halogens is 2. The smallest absolute Gasteiger partial charge is 0.244 e.